The van der Waals surface area contributed by atoms with Gasteiger partial charge in [-0.3, -0.25) is 4.68 Å². The molecule has 2 rings (SSSR count). The molecule has 0 fully saturated rings. The topological polar surface area (TPSA) is 29.9 Å². The maximum Gasteiger partial charge on any atom is 0.148 e. The van der Waals surface area contributed by atoms with Crippen LogP contribution in [0.3, 0.4) is 0 Å². The van der Waals surface area contributed by atoms with Gasteiger partial charge in [-0.2, -0.15) is 5.10 Å². The van der Waals surface area contributed by atoms with Crippen molar-refractivity contribution in [2.45, 2.75) is 13.0 Å². The van der Waals surface area contributed by atoms with Gasteiger partial charge in [0.2, 0.25) is 0 Å². The minimum atomic E-state index is -0.196. The Morgan fingerprint density at radius 1 is 1.31 bits per heavy atom. The van der Waals surface area contributed by atoms with Crippen LogP contribution in [0.1, 0.15) is 18.5 Å². The molecular weight excluding hydrogens is 205 g/mol. The highest BCUT2D eigenvalue weighted by molar-refractivity contribution is 5.37. The van der Waals surface area contributed by atoms with E-state index >= 15 is 0 Å². The average Bonchev–Trinajstić information content (AvgIpc) is 2.64. The van der Waals surface area contributed by atoms with Crippen LogP contribution >= 0.6 is 0 Å². The molecule has 3 nitrogen and oxygen atoms in total. The lowest BCUT2D eigenvalue weighted by molar-refractivity contribution is 0.599. The van der Waals surface area contributed by atoms with Crippen molar-refractivity contribution in [2.75, 3.05) is 5.32 Å². The number of anilines is 1. The molecule has 0 bridgehead atoms. The zero-order chi connectivity index (χ0) is 11.5. The van der Waals surface area contributed by atoms with Gasteiger partial charge in [-0.05, 0) is 13.0 Å². The van der Waals surface area contributed by atoms with Crippen LogP contribution in [-0.2, 0) is 7.05 Å². The largest absolute Gasteiger partial charge is 0.362 e. The van der Waals surface area contributed by atoms with Crippen LogP contribution in [0.2, 0.25) is 0 Å². The molecule has 0 amide bonds. The van der Waals surface area contributed by atoms with Crippen molar-refractivity contribution in [3.05, 3.63) is 47.9 Å². The van der Waals surface area contributed by atoms with E-state index in [4.69, 9.17) is 0 Å². The maximum absolute atomic E-state index is 13.5. The first-order valence-corrected chi connectivity index (χ1v) is 5.17. The van der Waals surface area contributed by atoms with Gasteiger partial charge in [0, 0.05) is 24.9 Å². The van der Waals surface area contributed by atoms with E-state index < -0.39 is 0 Å². The van der Waals surface area contributed by atoms with Crippen molar-refractivity contribution in [1.82, 2.24) is 9.78 Å². The summed E-state index contributed by atoms with van der Waals surface area (Å²) >= 11 is 0. The number of hydrogen-bond acceptors (Lipinski definition) is 2. The Morgan fingerprint density at radius 2 is 2.06 bits per heavy atom. The number of nitrogens with one attached hydrogen (secondary N) is 1. The Bertz CT molecular complexity index is 479. The van der Waals surface area contributed by atoms with Crippen LogP contribution in [0.25, 0.3) is 0 Å². The quantitative estimate of drug-likeness (QED) is 0.860. The smallest absolute Gasteiger partial charge is 0.148 e. The molecule has 1 heterocycles. The molecule has 0 spiro atoms. The predicted octanol–water partition coefficient (Wildman–Crippen LogP) is 2.73. The van der Waals surface area contributed by atoms with Crippen LogP contribution < -0.4 is 5.32 Å². The fourth-order valence-electron chi connectivity index (χ4n) is 1.62. The molecule has 1 atom stereocenters. The Labute approximate surface area is 93.9 Å². The average molecular weight is 219 g/mol. The molecule has 0 unspecified atom stereocenters. The zero-order valence-electron chi connectivity index (χ0n) is 9.31. The van der Waals surface area contributed by atoms with E-state index in [0.717, 1.165) is 5.82 Å². The lowest BCUT2D eigenvalue weighted by Gasteiger charge is -2.14. The highest BCUT2D eigenvalue weighted by Gasteiger charge is 2.10. The van der Waals surface area contributed by atoms with Gasteiger partial charge in [0.25, 0.3) is 0 Å². The first kappa shape index (κ1) is 10.7. The summed E-state index contributed by atoms with van der Waals surface area (Å²) in [6, 6.07) is 8.51. The summed E-state index contributed by atoms with van der Waals surface area (Å²) in [5.74, 6) is 0.552. The second kappa shape index (κ2) is 4.35. The molecule has 0 aliphatic heterocycles. The van der Waals surface area contributed by atoms with Gasteiger partial charge in [-0.25, -0.2) is 4.39 Å². The summed E-state index contributed by atoms with van der Waals surface area (Å²) in [4.78, 5) is 0. The molecule has 1 aromatic carbocycles. The highest BCUT2D eigenvalue weighted by atomic mass is 19.1. The summed E-state index contributed by atoms with van der Waals surface area (Å²) < 4.78 is 15.2. The minimum absolute atomic E-state index is 0.101. The Hall–Kier alpha value is -1.84. The maximum atomic E-state index is 13.5. The Balaban J connectivity index is 2.14. The van der Waals surface area contributed by atoms with E-state index in [2.05, 4.69) is 10.4 Å². The van der Waals surface area contributed by atoms with Gasteiger partial charge in [-0.15, -0.1) is 0 Å². The summed E-state index contributed by atoms with van der Waals surface area (Å²) in [7, 11) is 1.85. The zero-order valence-corrected chi connectivity index (χ0v) is 9.31. The summed E-state index contributed by atoms with van der Waals surface area (Å²) in [6.45, 7) is 1.91. The third kappa shape index (κ3) is 2.21. The lowest BCUT2D eigenvalue weighted by atomic mass is 10.1. The number of hydrogen-bond donors (Lipinski definition) is 1. The minimum Gasteiger partial charge on any atom is -0.362 e. The number of halogens is 1. The van der Waals surface area contributed by atoms with Crippen molar-refractivity contribution in [3.63, 3.8) is 0 Å². The van der Waals surface area contributed by atoms with E-state index in [1.165, 1.54) is 6.07 Å². The second-order valence-electron chi connectivity index (χ2n) is 3.76. The molecule has 84 valence electrons. The van der Waals surface area contributed by atoms with Gasteiger partial charge in [0.05, 0.1) is 6.04 Å². The summed E-state index contributed by atoms with van der Waals surface area (Å²) in [5, 5.41) is 7.34. The number of aryl methyl sites for hydroxylation is 1. The SMILES string of the molecule is C[C@H](Nc1ccn(C)n1)c1ccccc1F. The molecule has 2 aromatic rings. The van der Waals surface area contributed by atoms with Crippen LogP contribution in [0.5, 0.6) is 0 Å². The Morgan fingerprint density at radius 3 is 2.69 bits per heavy atom. The predicted molar refractivity (Wildman–Crippen MR) is 61.6 cm³/mol. The van der Waals surface area contributed by atoms with Crippen molar-refractivity contribution < 1.29 is 4.39 Å². The number of aromatic nitrogens is 2. The third-order valence-corrected chi connectivity index (χ3v) is 2.45. The van der Waals surface area contributed by atoms with Gasteiger partial charge in [0.15, 0.2) is 0 Å². The molecule has 4 heteroatoms. The molecule has 16 heavy (non-hydrogen) atoms. The molecule has 1 N–H and O–H groups in total. The second-order valence-corrected chi connectivity index (χ2v) is 3.76. The normalized spacial score (nSPS) is 12.4. The van der Waals surface area contributed by atoms with Crippen molar-refractivity contribution in [2.24, 2.45) is 7.05 Å². The fourth-order valence-corrected chi connectivity index (χ4v) is 1.62. The summed E-state index contributed by atoms with van der Waals surface area (Å²) in [5.41, 5.74) is 0.646. The monoisotopic (exact) mass is 219 g/mol. The van der Waals surface area contributed by atoms with E-state index in [0.29, 0.717) is 5.56 Å². The van der Waals surface area contributed by atoms with Crippen LogP contribution in [0, 0.1) is 5.82 Å². The lowest BCUT2D eigenvalue weighted by Crippen LogP contribution is -2.09. The molecular formula is C12H14FN3. The third-order valence-electron chi connectivity index (χ3n) is 2.45. The number of nitrogens with zero attached hydrogens (tertiary/aromatic N) is 2. The van der Waals surface area contributed by atoms with Crippen LogP contribution in [0.4, 0.5) is 10.2 Å². The van der Waals surface area contributed by atoms with Gasteiger partial charge < -0.3 is 5.32 Å². The molecule has 0 aliphatic rings. The van der Waals surface area contributed by atoms with E-state index in [1.54, 1.807) is 16.8 Å². The van der Waals surface area contributed by atoms with Crippen molar-refractivity contribution >= 4 is 5.82 Å². The molecule has 0 saturated heterocycles. The van der Waals surface area contributed by atoms with Gasteiger partial charge in [-0.1, -0.05) is 18.2 Å². The molecule has 0 saturated carbocycles. The van der Waals surface area contributed by atoms with Crippen molar-refractivity contribution in [1.29, 1.82) is 0 Å². The van der Waals surface area contributed by atoms with E-state index in [1.807, 2.05) is 32.3 Å². The van der Waals surface area contributed by atoms with Crippen LogP contribution in [0.15, 0.2) is 36.5 Å². The standard InChI is InChI=1S/C12H14FN3/c1-9(10-5-3-4-6-11(10)13)14-12-7-8-16(2)15-12/h3-9H,1-2H3,(H,14,15)/t9-/m0/s1. The van der Waals surface area contributed by atoms with Gasteiger partial charge in [0.1, 0.15) is 11.6 Å². The highest BCUT2D eigenvalue weighted by Crippen LogP contribution is 2.20. The van der Waals surface area contributed by atoms with E-state index in [-0.39, 0.29) is 11.9 Å². The first-order chi connectivity index (χ1) is 7.66. The molecule has 0 radical (unpaired) electrons. The molecule has 0 aliphatic carbocycles. The Kier molecular flexibility index (Phi) is 2.90. The summed E-state index contributed by atoms with van der Waals surface area (Å²) in [6.07, 6.45) is 1.84. The number of rotatable bonds is 3. The van der Waals surface area contributed by atoms with Gasteiger partial charge >= 0.3 is 0 Å². The molecule has 1 aromatic heterocycles. The van der Waals surface area contributed by atoms with Crippen LogP contribution in [-0.4, -0.2) is 9.78 Å². The first-order valence-electron chi connectivity index (χ1n) is 5.17. The van der Waals surface area contributed by atoms with E-state index in [9.17, 15) is 4.39 Å². The van der Waals surface area contributed by atoms with Crippen molar-refractivity contribution in [3.8, 4) is 0 Å². The fraction of sp³-hybridized carbons (Fsp3) is 0.250. The number of benzene rings is 1.